The molecule has 1 unspecified atom stereocenters. The van der Waals surface area contributed by atoms with Gasteiger partial charge < -0.3 is 14.2 Å². The van der Waals surface area contributed by atoms with Crippen LogP contribution in [0, 0.1) is 0 Å². The van der Waals surface area contributed by atoms with Gasteiger partial charge in [-0.15, -0.1) is 0 Å². The van der Waals surface area contributed by atoms with E-state index in [2.05, 4.69) is 142 Å². The van der Waals surface area contributed by atoms with E-state index in [0.717, 1.165) is 109 Å². The summed E-state index contributed by atoms with van der Waals surface area (Å²) in [5.74, 6) is -0.947. The summed E-state index contributed by atoms with van der Waals surface area (Å²) in [6, 6.07) is 0. The maximum atomic E-state index is 13.0. The normalized spacial score (nSPS) is 12.9. The van der Waals surface area contributed by atoms with E-state index in [1.54, 1.807) is 0 Å². The fraction of sp³-hybridized carbons (Fsp3) is 0.701. The minimum Gasteiger partial charge on any atom is -0.462 e. The van der Waals surface area contributed by atoms with Crippen LogP contribution in [0.25, 0.3) is 0 Å². The van der Waals surface area contributed by atoms with Gasteiger partial charge in [0.25, 0.3) is 0 Å². The lowest BCUT2D eigenvalue weighted by molar-refractivity contribution is -0.167. The molecule has 0 bridgehead atoms. The molecule has 0 aliphatic rings. The number of ether oxygens (including phenoxy) is 3. The molecule has 0 aromatic carbocycles. The van der Waals surface area contributed by atoms with Gasteiger partial charge in [-0.05, 0) is 103 Å². The van der Waals surface area contributed by atoms with Crippen LogP contribution in [-0.2, 0) is 28.6 Å². The average molecular weight is 1150 g/mol. The van der Waals surface area contributed by atoms with Crippen molar-refractivity contribution < 1.29 is 28.6 Å². The third-order valence-electron chi connectivity index (χ3n) is 15.0. The zero-order valence-electron chi connectivity index (χ0n) is 54.4. The maximum absolute atomic E-state index is 13.0. The van der Waals surface area contributed by atoms with Crippen LogP contribution in [0.3, 0.4) is 0 Å². The van der Waals surface area contributed by atoms with E-state index in [9.17, 15) is 14.4 Å². The molecule has 0 aliphatic carbocycles. The molecular formula is C77H130O6. The smallest absolute Gasteiger partial charge is 0.306 e. The zero-order valence-corrected chi connectivity index (χ0v) is 54.4. The Morgan fingerprint density at radius 3 is 0.783 bits per heavy atom. The highest BCUT2D eigenvalue weighted by molar-refractivity contribution is 5.71. The number of esters is 3. The largest absolute Gasteiger partial charge is 0.462 e. The molecule has 0 saturated heterocycles. The van der Waals surface area contributed by atoms with Crippen molar-refractivity contribution in [3.05, 3.63) is 122 Å². The molecule has 0 spiro atoms. The van der Waals surface area contributed by atoms with Crippen LogP contribution in [0.15, 0.2) is 122 Å². The minimum absolute atomic E-state index is 0.0966. The standard InChI is InChI=1S/C77H130O6/c1-4-7-10-13-16-19-22-25-28-31-33-35-36-37-38-39-40-42-43-46-49-52-55-58-61-64-67-70-76(79)82-73-74(72-81-75(78)69-66-63-60-57-54-51-48-45-30-27-24-21-18-15-12-9-6-3)83-77(80)71-68-65-62-59-56-53-50-47-44-41-34-32-29-26-23-20-17-14-11-8-5-2/h7,9-10,12,16,18-19,21,25,27-28,30,33,35,37-38,48,51,57,60,74H,4-6,8,11,13-15,17,20,22-24,26,29,31-32,34,36,39-47,49-50,52-56,58-59,61-73H2,1-3H3/b10-7-,12-9-,19-16-,21-18-,28-25-,30-27-,35-33-,38-37-,51-48-,60-57-. The van der Waals surface area contributed by atoms with Crippen LogP contribution in [0.5, 0.6) is 0 Å². The van der Waals surface area contributed by atoms with E-state index >= 15 is 0 Å². The maximum Gasteiger partial charge on any atom is 0.306 e. The van der Waals surface area contributed by atoms with E-state index in [1.807, 2.05) is 0 Å². The zero-order chi connectivity index (χ0) is 59.9. The molecule has 1 atom stereocenters. The predicted octanol–water partition coefficient (Wildman–Crippen LogP) is 24.3. The van der Waals surface area contributed by atoms with Crippen LogP contribution in [-0.4, -0.2) is 37.2 Å². The van der Waals surface area contributed by atoms with E-state index < -0.39 is 6.10 Å². The molecule has 0 heterocycles. The van der Waals surface area contributed by atoms with Gasteiger partial charge in [-0.25, -0.2) is 0 Å². The first-order valence-electron chi connectivity index (χ1n) is 35.0. The van der Waals surface area contributed by atoms with Gasteiger partial charge in [0.05, 0.1) is 0 Å². The molecule has 474 valence electrons. The van der Waals surface area contributed by atoms with E-state index in [-0.39, 0.29) is 37.5 Å². The fourth-order valence-corrected chi connectivity index (χ4v) is 9.80. The van der Waals surface area contributed by atoms with Gasteiger partial charge in [-0.3, -0.25) is 14.4 Å². The number of carbonyl (C=O) groups is 3. The highest BCUT2D eigenvalue weighted by Gasteiger charge is 2.19. The van der Waals surface area contributed by atoms with Crippen molar-refractivity contribution in [3.63, 3.8) is 0 Å². The summed E-state index contributed by atoms with van der Waals surface area (Å²) in [6.07, 6.45) is 98.0. The Morgan fingerprint density at radius 1 is 0.253 bits per heavy atom. The van der Waals surface area contributed by atoms with Crippen LogP contribution in [0.1, 0.15) is 329 Å². The Kier molecular flexibility index (Phi) is 66.7. The topological polar surface area (TPSA) is 78.9 Å². The molecule has 0 N–H and O–H groups in total. The molecule has 0 fully saturated rings. The fourth-order valence-electron chi connectivity index (χ4n) is 9.80. The predicted molar refractivity (Wildman–Crippen MR) is 362 cm³/mol. The van der Waals surface area contributed by atoms with Crippen molar-refractivity contribution in [2.24, 2.45) is 0 Å². The van der Waals surface area contributed by atoms with Crippen LogP contribution in [0.4, 0.5) is 0 Å². The Balaban J connectivity index is 4.39. The van der Waals surface area contributed by atoms with Crippen molar-refractivity contribution in [1.29, 1.82) is 0 Å². The third kappa shape index (κ3) is 68.5. The first-order chi connectivity index (χ1) is 41.0. The van der Waals surface area contributed by atoms with Crippen molar-refractivity contribution >= 4 is 17.9 Å². The number of hydrogen-bond acceptors (Lipinski definition) is 6. The van der Waals surface area contributed by atoms with Crippen LogP contribution in [0.2, 0.25) is 0 Å². The Bertz CT molecular complexity index is 1700. The Hall–Kier alpha value is -4.19. The molecule has 0 amide bonds. The van der Waals surface area contributed by atoms with Gasteiger partial charge in [0.2, 0.25) is 0 Å². The van der Waals surface area contributed by atoms with E-state index in [0.29, 0.717) is 19.3 Å². The monoisotopic (exact) mass is 1150 g/mol. The van der Waals surface area contributed by atoms with Crippen LogP contribution < -0.4 is 0 Å². The minimum atomic E-state index is -0.805. The van der Waals surface area contributed by atoms with Gasteiger partial charge in [0, 0.05) is 19.3 Å². The number of unbranched alkanes of at least 4 members (excludes halogenated alkanes) is 32. The number of hydrogen-bond donors (Lipinski definition) is 0. The second kappa shape index (κ2) is 70.3. The van der Waals surface area contributed by atoms with E-state index in [1.165, 1.54) is 173 Å². The van der Waals surface area contributed by atoms with Crippen molar-refractivity contribution in [1.82, 2.24) is 0 Å². The van der Waals surface area contributed by atoms with Gasteiger partial charge in [-0.2, -0.15) is 0 Å². The molecule has 0 aliphatic heterocycles. The van der Waals surface area contributed by atoms with Crippen molar-refractivity contribution in [3.8, 4) is 0 Å². The molecule has 0 radical (unpaired) electrons. The van der Waals surface area contributed by atoms with Crippen molar-refractivity contribution in [2.45, 2.75) is 335 Å². The first-order valence-corrected chi connectivity index (χ1v) is 35.0. The van der Waals surface area contributed by atoms with Crippen LogP contribution >= 0.6 is 0 Å². The van der Waals surface area contributed by atoms with Gasteiger partial charge in [-0.1, -0.05) is 328 Å². The van der Waals surface area contributed by atoms with E-state index in [4.69, 9.17) is 14.2 Å². The molecule has 6 nitrogen and oxygen atoms in total. The second-order valence-electron chi connectivity index (χ2n) is 23.0. The number of rotatable bonds is 63. The summed E-state index contributed by atoms with van der Waals surface area (Å²) in [5.41, 5.74) is 0. The third-order valence-corrected chi connectivity index (χ3v) is 15.0. The molecule has 0 aromatic heterocycles. The average Bonchev–Trinajstić information content (AvgIpc) is 3.49. The molecule has 6 heteroatoms. The summed E-state index contributed by atoms with van der Waals surface area (Å²) in [6.45, 7) is 6.40. The lowest BCUT2D eigenvalue weighted by Crippen LogP contribution is -2.30. The summed E-state index contributed by atoms with van der Waals surface area (Å²) >= 11 is 0. The Morgan fingerprint density at radius 2 is 0.482 bits per heavy atom. The second-order valence-corrected chi connectivity index (χ2v) is 23.0. The quantitative estimate of drug-likeness (QED) is 0.0261. The summed E-state index contributed by atoms with van der Waals surface area (Å²) in [7, 11) is 0. The van der Waals surface area contributed by atoms with Gasteiger partial charge in [0.15, 0.2) is 6.10 Å². The number of carbonyl (C=O) groups excluding carboxylic acids is 3. The molecule has 0 saturated carbocycles. The first kappa shape index (κ1) is 78.8. The highest BCUT2D eigenvalue weighted by Crippen LogP contribution is 2.17. The molecule has 0 rings (SSSR count). The Labute approximate surface area is 513 Å². The summed E-state index contributed by atoms with van der Waals surface area (Å²) in [5, 5.41) is 0. The number of allylic oxidation sites excluding steroid dienone is 20. The van der Waals surface area contributed by atoms with Gasteiger partial charge in [0.1, 0.15) is 13.2 Å². The SMILES string of the molecule is CC/C=C\C/C=C\C/C=C\C/C=C\C/C=C\CCCCCCCCCCCCCC(=O)OCC(COC(=O)CCC/C=C\C/C=C\C/C=C\C/C=C\C/C=C\CC)OC(=O)CCCCCCCCCCCCCCCCCCCCCCC. The summed E-state index contributed by atoms with van der Waals surface area (Å²) in [4.78, 5) is 38.5. The van der Waals surface area contributed by atoms with Crippen molar-refractivity contribution in [2.75, 3.05) is 13.2 Å². The lowest BCUT2D eigenvalue weighted by Gasteiger charge is -2.18. The molecule has 0 aromatic rings. The molecular weight excluding hydrogens is 1020 g/mol. The lowest BCUT2D eigenvalue weighted by atomic mass is 10.0. The van der Waals surface area contributed by atoms with Gasteiger partial charge >= 0.3 is 17.9 Å². The summed E-state index contributed by atoms with van der Waals surface area (Å²) < 4.78 is 16.9. The highest BCUT2D eigenvalue weighted by atomic mass is 16.6. The molecule has 83 heavy (non-hydrogen) atoms.